The number of benzene rings is 1. The molecule has 1 N–H and O–H groups in total. The number of piperidine rings is 1. The van der Waals surface area contributed by atoms with Crippen LogP contribution in [0.25, 0.3) is 0 Å². The van der Waals surface area contributed by atoms with Gasteiger partial charge in [0.15, 0.2) is 5.96 Å². The Balaban J connectivity index is 1.51. The normalized spacial score (nSPS) is 21.0. The molecule has 0 saturated carbocycles. The number of carbonyl (C=O) groups excluding carboxylic acids is 2. The Kier molecular flexibility index (Phi) is 6.32. The van der Waals surface area contributed by atoms with E-state index in [4.69, 9.17) is 4.74 Å². The number of nitrogens with zero attached hydrogens (tertiary/aromatic N) is 3. The molecule has 27 heavy (non-hydrogen) atoms. The van der Waals surface area contributed by atoms with Crippen LogP contribution >= 0.6 is 0 Å². The van der Waals surface area contributed by atoms with Crippen molar-refractivity contribution in [2.24, 2.45) is 4.99 Å². The van der Waals surface area contributed by atoms with Gasteiger partial charge in [0.1, 0.15) is 5.75 Å². The largest absolute Gasteiger partial charge is 0.497 e. The van der Waals surface area contributed by atoms with Crippen molar-refractivity contribution in [2.75, 3.05) is 40.3 Å². The van der Waals surface area contributed by atoms with Gasteiger partial charge in [0.2, 0.25) is 11.8 Å². The van der Waals surface area contributed by atoms with E-state index in [0.717, 1.165) is 31.2 Å². The maximum Gasteiger partial charge on any atom is 0.229 e. The Hall–Kier alpha value is -2.57. The summed E-state index contributed by atoms with van der Waals surface area (Å²) in [6.45, 7) is 2.74. The van der Waals surface area contributed by atoms with Gasteiger partial charge in [-0.3, -0.25) is 19.5 Å². The summed E-state index contributed by atoms with van der Waals surface area (Å²) in [6, 6.07) is 8.24. The molecule has 2 heterocycles. The van der Waals surface area contributed by atoms with E-state index in [2.05, 4.69) is 27.3 Å². The number of methoxy groups -OCH3 is 1. The summed E-state index contributed by atoms with van der Waals surface area (Å²) in [5.41, 5.74) is 1.30. The molecule has 0 bridgehead atoms. The summed E-state index contributed by atoms with van der Waals surface area (Å²) in [5, 5.41) is 3.30. The van der Waals surface area contributed by atoms with Crippen molar-refractivity contribution in [1.29, 1.82) is 0 Å². The monoisotopic (exact) mass is 372 g/mol. The van der Waals surface area contributed by atoms with Crippen LogP contribution in [-0.4, -0.2) is 67.9 Å². The number of amides is 2. The minimum Gasteiger partial charge on any atom is -0.497 e. The highest BCUT2D eigenvalue weighted by Gasteiger charge is 2.27. The molecule has 0 aliphatic carbocycles. The van der Waals surface area contributed by atoms with Gasteiger partial charge < -0.3 is 15.0 Å². The molecule has 1 aromatic rings. The maximum absolute atomic E-state index is 11.9. The van der Waals surface area contributed by atoms with Gasteiger partial charge in [-0.1, -0.05) is 12.1 Å². The van der Waals surface area contributed by atoms with Crippen LogP contribution in [0.1, 0.15) is 37.2 Å². The first-order valence-corrected chi connectivity index (χ1v) is 9.55. The van der Waals surface area contributed by atoms with Gasteiger partial charge in [0.05, 0.1) is 7.11 Å². The first kappa shape index (κ1) is 19.2. The van der Waals surface area contributed by atoms with Gasteiger partial charge >= 0.3 is 0 Å². The van der Waals surface area contributed by atoms with Crippen LogP contribution in [0.3, 0.4) is 0 Å². The van der Waals surface area contributed by atoms with Crippen LogP contribution in [0.2, 0.25) is 0 Å². The Labute approximate surface area is 160 Å². The number of hydrogen-bond acceptors (Lipinski definition) is 4. The number of hydrogen-bond donors (Lipinski definition) is 1. The molecule has 2 aliphatic heterocycles. The number of rotatable bonds is 5. The predicted molar refractivity (Wildman–Crippen MR) is 104 cm³/mol. The van der Waals surface area contributed by atoms with Gasteiger partial charge in [0.25, 0.3) is 0 Å². The lowest BCUT2D eigenvalue weighted by atomic mass is 9.98. The SMILES string of the molecule is CN=C(NCCN1C(=O)CCCC1=O)N1CCC(c2ccc(OC)cc2)C1. The highest BCUT2D eigenvalue weighted by molar-refractivity contribution is 5.97. The summed E-state index contributed by atoms with van der Waals surface area (Å²) >= 11 is 0. The highest BCUT2D eigenvalue weighted by Crippen LogP contribution is 2.28. The van der Waals surface area contributed by atoms with Crippen LogP contribution in [-0.2, 0) is 9.59 Å². The minimum atomic E-state index is -0.0659. The van der Waals surface area contributed by atoms with Crippen molar-refractivity contribution < 1.29 is 14.3 Å². The first-order chi connectivity index (χ1) is 13.1. The van der Waals surface area contributed by atoms with Crippen molar-refractivity contribution in [3.63, 3.8) is 0 Å². The number of ether oxygens (including phenoxy) is 1. The third-order valence-corrected chi connectivity index (χ3v) is 5.29. The van der Waals surface area contributed by atoms with Crippen LogP contribution in [0.15, 0.2) is 29.3 Å². The molecular formula is C20H28N4O3. The molecule has 7 heteroatoms. The summed E-state index contributed by atoms with van der Waals surface area (Å²) in [5.74, 6) is 2.02. The molecule has 0 radical (unpaired) electrons. The molecule has 2 saturated heterocycles. The molecule has 2 fully saturated rings. The average molecular weight is 372 g/mol. The third kappa shape index (κ3) is 4.59. The van der Waals surface area contributed by atoms with E-state index in [-0.39, 0.29) is 11.8 Å². The lowest BCUT2D eigenvalue weighted by molar-refractivity contribution is -0.147. The number of imide groups is 1. The van der Waals surface area contributed by atoms with Crippen LogP contribution in [0.4, 0.5) is 0 Å². The van der Waals surface area contributed by atoms with Crippen LogP contribution < -0.4 is 10.1 Å². The fraction of sp³-hybridized carbons (Fsp3) is 0.550. The summed E-state index contributed by atoms with van der Waals surface area (Å²) in [7, 11) is 3.44. The molecule has 2 aliphatic rings. The zero-order valence-corrected chi connectivity index (χ0v) is 16.1. The van der Waals surface area contributed by atoms with E-state index >= 15 is 0 Å². The molecule has 3 rings (SSSR count). The number of guanidine groups is 1. The van der Waals surface area contributed by atoms with Crippen molar-refractivity contribution >= 4 is 17.8 Å². The van der Waals surface area contributed by atoms with Gasteiger partial charge in [-0.05, 0) is 30.5 Å². The lowest BCUT2D eigenvalue weighted by Gasteiger charge is -2.26. The smallest absolute Gasteiger partial charge is 0.229 e. The second-order valence-corrected chi connectivity index (χ2v) is 6.97. The summed E-state index contributed by atoms with van der Waals surface area (Å²) < 4.78 is 5.23. The van der Waals surface area contributed by atoms with Gasteiger partial charge in [-0.15, -0.1) is 0 Å². The van der Waals surface area contributed by atoms with Gasteiger partial charge in [-0.2, -0.15) is 0 Å². The van der Waals surface area contributed by atoms with E-state index in [0.29, 0.717) is 38.3 Å². The summed E-state index contributed by atoms with van der Waals surface area (Å²) in [6.07, 6.45) is 2.67. The number of nitrogens with one attached hydrogen (secondary N) is 1. The van der Waals surface area contributed by atoms with E-state index in [1.807, 2.05) is 12.1 Å². The second kappa shape index (κ2) is 8.88. The third-order valence-electron chi connectivity index (χ3n) is 5.29. The van der Waals surface area contributed by atoms with Crippen molar-refractivity contribution in [3.8, 4) is 5.75 Å². The highest BCUT2D eigenvalue weighted by atomic mass is 16.5. The quantitative estimate of drug-likeness (QED) is 0.483. The van der Waals surface area contributed by atoms with Gasteiger partial charge in [-0.25, -0.2) is 0 Å². The molecule has 1 unspecified atom stereocenters. The Morgan fingerprint density at radius 3 is 2.56 bits per heavy atom. The van der Waals surface area contributed by atoms with E-state index in [1.54, 1.807) is 14.2 Å². The van der Waals surface area contributed by atoms with E-state index in [9.17, 15) is 9.59 Å². The van der Waals surface area contributed by atoms with Crippen LogP contribution in [0.5, 0.6) is 5.75 Å². The fourth-order valence-electron chi connectivity index (χ4n) is 3.76. The predicted octanol–water partition coefficient (Wildman–Crippen LogP) is 1.60. The average Bonchev–Trinajstić information content (AvgIpc) is 3.17. The van der Waals surface area contributed by atoms with Crippen molar-refractivity contribution in [3.05, 3.63) is 29.8 Å². The lowest BCUT2D eigenvalue weighted by Crippen LogP contribution is -2.47. The van der Waals surface area contributed by atoms with E-state index < -0.39 is 0 Å². The van der Waals surface area contributed by atoms with Crippen molar-refractivity contribution in [2.45, 2.75) is 31.6 Å². The Morgan fingerprint density at radius 1 is 1.22 bits per heavy atom. The molecule has 7 nitrogen and oxygen atoms in total. The number of likely N-dealkylation sites (tertiary alicyclic amines) is 2. The molecule has 2 amide bonds. The topological polar surface area (TPSA) is 74.2 Å². The number of carbonyl (C=O) groups is 2. The first-order valence-electron chi connectivity index (χ1n) is 9.55. The number of aliphatic imine (C=N–C) groups is 1. The van der Waals surface area contributed by atoms with Gasteiger partial charge in [0, 0.05) is 52.0 Å². The maximum atomic E-state index is 11.9. The molecule has 0 spiro atoms. The molecular weight excluding hydrogens is 344 g/mol. The zero-order valence-electron chi connectivity index (χ0n) is 16.1. The molecule has 146 valence electrons. The molecule has 1 aromatic carbocycles. The van der Waals surface area contributed by atoms with Crippen LogP contribution in [0, 0.1) is 0 Å². The molecule has 1 atom stereocenters. The Bertz CT molecular complexity index is 686. The standard InChI is InChI=1S/C20H28N4O3/c1-21-20(22-11-13-24-18(25)4-3-5-19(24)26)23-12-10-16(14-23)15-6-8-17(27-2)9-7-15/h6-9,16H,3-5,10-14H2,1-2H3,(H,21,22). The second-order valence-electron chi connectivity index (χ2n) is 6.97. The Morgan fingerprint density at radius 2 is 1.93 bits per heavy atom. The summed E-state index contributed by atoms with van der Waals surface area (Å²) in [4.78, 5) is 31.7. The fourth-order valence-corrected chi connectivity index (χ4v) is 3.76. The van der Waals surface area contributed by atoms with E-state index in [1.165, 1.54) is 10.5 Å². The zero-order chi connectivity index (χ0) is 19.2. The minimum absolute atomic E-state index is 0.0659. The molecule has 0 aromatic heterocycles. The van der Waals surface area contributed by atoms with Crippen molar-refractivity contribution in [1.82, 2.24) is 15.1 Å².